The number of rotatable bonds is 5. The van der Waals surface area contributed by atoms with Crippen molar-refractivity contribution in [2.24, 2.45) is 0 Å². The van der Waals surface area contributed by atoms with Crippen LogP contribution in [0.25, 0.3) is 16.9 Å². The van der Waals surface area contributed by atoms with Gasteiger partial charge >= 0.3 is 0 Å². The van der Waals surface area contributed by atoms with Crippen molar-refractivity contribution in [3.05, 3.63) is 60.2 Å². The number of carbonyl (C=O) groups is 1. The zero-order chi connectivity index (χ0) is 18.6. The van der Waals surface area contributed by atoms with Gasteiger partial charge in [0.1, 0.15) is 11.5 Å². The second-order valence-corrected chi connectivity index (χ2v) is 6.53. The summed E-state index contributed by atoms with van der Waals surface area (Å²) in [5.74, 6) is -0.388. The first-order valence-electron chi connectivity index (χ1n) is 9.02. The molecule has 0 aliphatic carbocycles. The topological polar surface area (TPSA) is 58.9 Å². The van der Waals surface area contributed by atoms with Gasteiger partial charge in [-0.2, -0.15) is 0 Å². The molecule has 1 fully saturated rings. The first-order chi connectivity index (χ1) is 13.2. The predicted octanol–water partition coefficient (Wildman–Crippen LogP) is 2.20. The van der Waals surface area contributed by atoms with Crippen LogP contribution in [0.4, 0.5) is 4.39 Å². The molecular formula is C20H21FN4O2. The lowest BCUT2D eigenvalue weighted by Gasteiger charge is -2.26. The summed E-state index contributed by atoms with van der Waals surface area (Å²) in [5.41, 5.74) is 2.88. The predicted molar refractivity (Wildman–Crippen MR) is 100 cm³/mol. The third-order valence-corrected chi connectivity index (χ3v) is 4.67. The van der Waals surface area contributed by atoms with E-state index in [4.69, 9.17) is 4.74 Å². The quantitative estimate of drug-likeness (QED) is 0.750. The van der Waals surface area contributed by atoms with Crippen LogP contribution in [0.2, 0.25) is 0 Å². The molecular weight excluding hydrogens is 347 g/mol. The van der Waals surface area contributed by atoms with Crippen molar-refractivity contribution in [1.29, 1.82) is 0 Å². The summed E-state index contributed by atoms with van der Waals surface area (Å²) in [7, 11) is 0. The fourth-order valence-corrected chi connectivity index (χ4v) is 3.14. The molecule has 140 valence electrons. The molecule has 0 atom stereocenters. The summed E-state index contributed by atoms with van der Waals surface area (Å²) in [5, 5.41) is 2.96. The van der Waals surface area contributed by atoms with Crippen LogP contribution in [0, 0.1) is 5.82 Å². The van der Waals surface area contributed by atoms with E-state index in [1.165, 1.54) is 12.1 Å². The summed E-state index contributed by atoms with van der Waals surface area (Å²) in [6, 6.07) is 9.77. The molecule has 0 bridgehead atoms. The maximum absolute atomic E-state index is 13.1. The number of hydrogen-bond donors (Lipinski definition) is 1. The van der Waals surface area contributed by atoms with Crippen LogP contribution in [0.3, 0.4) is 0 Å². The molecule has 4 rings (SSSR count). The Balaban J connectivity index is 1.42. The van der Waals surface area contributed by atoms with Crippen LogP contribution in [-0.4, -0.2) is 59.6 Å². The lowest BCUT2D eigenvalue weighted by Crippen LogP contribution is -2.41. The molecule has 1 aliphatic rings. The number of nitrogens with zero attached hydrogens (tertiary/aromatic N) is 3. The van der Waals surface area contributed by atoms with Crippen LogP contribution in [-0.2, 0) is 4.74 Å². The Morgan fingerprint density at radius 3 is 2.67 bits per heavy atom. The number of imidazole rings is 1. The molecule has 7 heteroatoms. The van der Waals surface area contributed by atoms with Gasteiger partial charge in [0.2, 0.25) is 0 Å². The third kappa shape index (κ3) is 4.15. The van der Waals surface area contributed by atoms with Gasteiger partial charge < -0.3 is 14.5 Å². The molecule has 1 N–H and O–H groups in total. The summed E-state index contributed by atoms with van der Waals surface area (Å²) >= 11 is 0. The van der Waals surface area contributed by atoms with Crippen molar-refractivity contribution in [3.63, 3.8) is 0 Å². The molecule has 0 radical (unpaired) electrons. The van der Waals surface area contributed by atoms with Crippen molar-refractivity contribution in [2.75, 3.05) is 39.4 Å². The average Bonchev–Trinajstić information content (AvgIpc) is 3.12. The first kappa shape index (κ1) is 17.6. The van der Waals surface area contributed by atoms with Gasteiger partial charge in [0.05, 0.1) is 24.5 Å². The maximum atomic E-state index is 13.1. The van der Waals surface area contributed by atoms with Crippen molar-refractivity contribution in [3.8, 4) is 11.3 Å². The highest BCUT2D eigenvalue weighted by Gasteiger charge is 2.12. The van der Waals surface area contributed by atoms with Gasteiger partial charge in [0.15, 0.2) is 0 Å². The molecule has 2 aromatic heterocycles. The Bertz CT molecular complexity index is 933. The smallest absolute Gasteiger partial charge is 0.252 e. The van der Waals surface area contributed by atoms with E-state index in [0.29, 0.717) is 12.1 Å². The number of ether oxygens (including phenoxy) is 1. The minimum absolute atomic E-state index is 0.109. The second-order valence-electron chi connectivity index (χ2n) is 6.53. The lowest BCUT2D eigenvalue weighted by molar-refractivity contribution is 0.0383. The van der Waals surface area contributed by atoms with Crippen molar-refractivity contribution in [2.45, 2.75) is 0 Å². The lowest BCUT2D eigenvalue weighted by atomic mass is 10.2. The number of benzene rings is 1. The maximum Gasteiger partial charge on any atom is 0.252 e. The van der Waals surface area contributed by atoms with Crippen LogP contribution in [0.15, 0.2) is 48.8 Å². The molecule has 27 heavy (non-hydrogen) atoms. The van der Waals surface area contributed by atoms with Crippen LogP contribution in [0.5, 0.6) is 0 Å². The van der Waals surface area contributed by atoms with E-state index in [1.807, 2.05) is 16.7 Å². The molecule has 0 spiro atoms. The van der Waals surface area contributed by atoms with Crippen molar-refractivity contribution < 1.29 is 13.9 Å². The number of pyridine rings is 1. The number of nitrogens with one attached hydrogen (secondary N) is 1. The normalized spacial score (nSPS) is 15.1. The Labute approximate surface area is 156 Å². The van der Waals surface area contributed by atoms with Crippen molar-refractivity contribution >= 4 is 11.6 Å². The van der Waals surface area contributed by atoms with E-state index < -0.39 is 0 Å². The molecule has 1 saturated heterocycles. The SMILES string of the molecule is O=C(NCCN1CCOCC1)c1ccc2nc(-c3ccc(F)cc3)cn2c1. The minimum atomic E-state index is -0.279. The van der Waals surface area contributed by atoms with E-state index in [1.54, 1.807) is 24.4 Å². The van der Waals surface area contributed by atoms with Crippen LogP contribution < -0.4 is 5.32 Å². The third-order valence-electron chi connectivity index (χ3n) is 4.67. The van der Waals surface area contributed by atoms with Gasteiger partial charge in [-0.3, -0.25) is 9.69 Å². The fraction of sp³-hybridized carbons (Fsp3) is 0.300. The van der Waals surface area contributed by atoms with Crippen LogP contribution in [0.1, 0.15) is 10.4 Å². The van der Waals surface area contributed by atoms with Crippen molar-refractivity contribution in [1.82, 2.24) is 19.6 Å². The molecule has 1 amide bonds. The number of morpholine rings is 1. The zero-order valence-corrected chi connectivity index (χ0v) is 14.9. The minimum Gasteiger partial charge on any atom is -0.379 e. The van der Waals surface area contributed by atoms with Gasteiger partial charge in [-0.15, -0.1) is 0 Å². The summed E-state index contributed by atoms with van der Waals surface area (Å²) in [4.78, 5) is 19.2. The van der Waals surface area contributed by atoms with Gasteiger partial charge in [-0.25, -0.2) is 9.37 Å². The van der Waals surface area contributed by atoms with E-state index in [2.05, 4.69) is 15.2 Å². The second kappa shape index (κ2) is 7.85. The highest BCUT2D eigenvalue weighted by Crippen LogP contribution is 2.20. The monoisotopic (exact) mass is 368 g/mol. The summed E-state index contributed by atoms with van der Waals surface area (Å²) in [6.07, 6.45) is 3.60. The Kier molecular flexibility index (Phi) is 5.13. The highest BCUT2D eigenvalue weighted by molar-refractivity contribution is 5.94. The van der Waals surface area contributed by atoms with E-state index in [0.717, 1.165) is 49.8 Å². The number of halogens is 1. The molecule has 0 saturated carbocycles. The number of aromatic nitrogens is 2. The average molecular weight is 368 g/mol. The Morgan fingerprint density at radius 1 is 1.11 bits per heavy atom. The van der Waals surface area contributed by atoms with Gasteiger partial charge in [0, 0.05) is 44.1 Å². The van der Waals surface area contributed by atoms with Gasteiger partial charge in [-0.1, -0.05) is 0 Å². The number of fused-ring (bicyclic) bond motifs is 1. The largest absolute Gasteiger partial charge is 0.379 e. The molecule has 3 heterocycles. The van der Waals surface area contributed by atoms with Gasteiger partial charge in [0.25, 0.3) is 5.91 Å². The van der Waals surface area contributed by atoms with Crippen LogP contribution >= 0.6 is 0 Å². The molecule has 3 aromatic rings. The molecule has 0 unspecified atom stereocenters. The number of hydrogen-bond acceptors (Lipinski definition) is 4. The van der Waals surface area contributed by atoms with E-state index >= 15 is 0 Å². The Morgan fingerprint density at radius 2 is 1.89 bits per heavy atom. The molecule has 1 aliphatic heterocycles. The first-order valence-corrected chi connectivity index (χ1v) is 9.02. The highest BCUT2D eigenvalue weighted by atomic mass is 19.1. The molecule has 1 aromatic carbocycles. The number of carbonyl (C=O) groups excluding carboxylic acids is 1. The fourth-order valence-electron chi connectivity index (χ4n) is 3.14. The Hall–Kier alpha value is -2.77. The van der Waals surface area contributed by atoms with E-state index in [-0.39, 0.29) is 11.7 Å². The number of amides is 1. The summed E-state index contributed by atoms with van der Waals surface area (Å²) in [6.45, 7) is 4.73. The van der Waals surface area contributed by atoms with E-state index in [9.17, 15) is 9.18 Å². The zero-order valence-electron chi connectivity index (χ0n) is 14.9. The summed E-state index contributed by atoms with van der Waals surface area (Å²) < 4.78 is 20.2. The van der Waals surface area contributed by atoms with Gasteiger partial charge in [-0.05, 0) is 36.4 Å². The standard InChI is InChI=1S/C20H21FN4O2/c21-17-4-1-15(2-5-17)18-14-25-13-16(3-6-19(25)23-18)20(26)22-7-8-24-9-11-27-12-10-24/h1-6,13-14H,7-12H2,(H,22,26). The molecule has 6 nitrogen and oxygen atoms in total.